The van der Waals surface area contributed by atoms with Crippen LogP contribution >= 0.6 is 0 Å². The number of cyclic esters (lactones) is 2. The van der Waals surface area contributed by atoms with Gasteiger partial charge in [0.15, 0.2) is 0 Å². The summed E-state index contributed by atoms with van der Waals surface area (Å²) in [5, 5.41) is 19.2. The van der Waals surface area contributed by atoms with Crippen LogP contribution in [-0.4, -0.2) is 48.6 Å². The molecule has 1 fully saturated rings. The minimum absolute atomic E-state index is 0.00356. The molecule has 71 heavy (non-hydrogen) atoms. The summed E-state index contributed by atoms with van der Waals surface area (Å²) in [6.45, 7) is 1.19. The molecule has 1 atom stereocenters. The Morgan fingerprint density at radius 1 is 0.366 bits per heavy atom. The van der Waals surface area contributed by atoms with Crippen molar-refractivity contribution >= 4 is 11.9 Å². The Bertz CT molecular complexity index is 1120. The van der Waals surface area contributed by atoms with Crippen LogP contribution in [0.15, 0.2) is 12.2 Å². The molecule has 1 unspecified atom stereocenters. The average Bonchev–Trinajstić information content (AvgIpc) is 3.44. The Labute approximate surface area is 443 Å². The van der Waals surface area contributed by atoms with Crippen LogP contribution in [0.2, 0.25) is 0 Å². The van der Waals surface area contributed by atoms with Gasteiger partial charge in [-0.05, 0) is 32.1 Å². The maximum absolute atomic E-state index is 12.5. The van der Waals surface area contributed by atoms with E-state index in [-0.39, 0.29) is 19.6 Å². The monoisotopic (exact) mass is 1000 g/mol. The highest BCUT2D eigenvalue weighted by molar-refractivity contribution is 5.80. The van der Waals surface area contributed by atoms with Gasteiger partial charge in [0.2, 0.25) is 0 Å². The van der Waals surface area contributed by atoms with E-state index in [0.717, 1.165) is 25.7 Å². The van der Waals surface area contributed by atoms with Gasteiger partial charge >= 0.3 is 11.9 Å². The van der Waals surface area contributed by atoms with Crippen LogP contribution in [0, 0.1) is 11.3 Å². The lowest BCUT2D eigenvalue weighted by atomic mass is 9.92. The Balaban J connectivity index is 1.68. The number of rotatable bonds is 56. The number of hydrogen-bond acceptors (Lipinski definition) is 6. The smallest absolute Gasteiger partial charge is 0.309 e. The number of aliphatic hydroxyl groups is 2. The summed E-state index contributed by atoms with van der Waals surface area (Å²) in [4.78, 5) is 24.7. The molecule has 0 radical (unpaired) electrons. The molecule has 0 aromatic heterocycles. The fourth-order valence-corrected chi connectivity index (χ4v) is 10.8. The molecule has 0 aromatic carbocycles. The highest BCUT2D eigenvalue weighted by Gasteiger charge is 2.36. The van der Waals surface area contributed by atoms with Gasteiger partial charge in [-0.3, -0.25) is 9.59 Å². The minimum atomic E-state index is -1.13. The van der Waals surface area contributed by atoms with Gasteiger partial charge in [0.05, 0.1) is 31.0 Å². The molecule has 1 aliphatic heterocycles. The average molecular weight is 1000 g/mol. The second-order valence-electron chi connectivity index (χ2n) is 23.1. The zero-order valence-corrected chi connectivity index (χ0v) is 47.8. The zero-order valence-electron chi connectivity index (χ0n) is 47.8. The minimum Gasteiger partial charge on any atom is -0.465 e. The summed E-state index contributed by atoms with van der Waals surface area (Å²) >= 11 is 0. The molecule has 1 aliphatic rings. The number of carbonyl (C=O) groups excluding carboxylic acids is 2. The fraction of sp³-hybridized carbons (Fsp3) is 0.938. The summed E-state index contributed by atoms with van der Waals surface area (Å²) < 4.78 is 10.6. The van der Waals surface area contributed by atoms with E-state index in [1.54, 1.807) is 0 Å². The summed E-state index contributed by atoms with van der Waals surface area (Å²) in [5.41, 5.74) is -1.13. The van der Waals surface area contributed by atoms with Crippen LogP contribution < -0.4 is 0 Å². The number of aliphatic hydroxyl groups excluding tert-OH is 2. The molecule has 0 saturated carbocycles. The highest BCUT2D eigenvalue weighted by atomic mass is 16.6. The Morgan fingerprint density at radius 3 is 0.873 bits per heavy atom. The van der Waals surface area contributed by atoms with Crippen molar-refractivity contribution < 1.29 is 29.3 Å². The molecule has 6 heteroatoms. The Morgan fingerprint density at radius 2 is 0.606 bits per heavy atom. The molecule has 1 rings (SSSR count). The topological polar surface area (TPSA) is 93.1 Å². The number of unbranched alkanes of at least 4 members (excludes halogenated alkanes) is 50. The molecule has 420 valence electrons. The van der Waals surface area contributed by atoms with Gasteiger partial charge in [0.25, 0.3) is 0 Å². The van der Waals surface area contributed by atoms with Gasteiger partial charge in [0, 0.05) is 0 Å². The number of ether oxygens (including phenoxy) is 2. The van der Waals surface area contributed by atoms with E-state index in [9.17, 15) is 19.8 Å². The summed E-state index contributed by atoms with van der Waals surface area (Å²) in [6.07, 6.45) is 78.7. The standard InChI is InChI=1S/C65H124O6/c1-2-3-4-5-6-7-8-9-10-11-12-13-14-15-16-17-18-19-20-21-22-23-24-25-26-27-28-29-30-31-32-33-34-35-36-37-38-39-40-41-42-43-44-45-46-47-48-49-50-51-52-53-54-55-56-62-57-63(68)70-60-65(58-66,59-67)61-71-64(62)69/h48-49,62,66-67H,2-47,50-61H2,1H3/b49-48+. The van der Waals surface area contributed by atoms with Crippen molar-refractivity contribution in [2.24, 2.45) is 11.3 Å². The predicted octanol–water partition coefficient (Wildman–Crippen LogP) is 20.3. The van der Waals surface area contributed by atoms with Crippen molar-refractivity contribution in [3.05, 3.63) is 12.2 Å². The summed E-state index contributed by atoms with van der Waals surface area (Å²) in [6, 6.07) is 0. The summed E-state index contributed by atoms with van der Waals surface area (Å²) in [5.74, 6) is -1.42. The van der Waals surface area contributed by atoms with E-state index in [1.807, 2.05) is 0 Å². The lowest BCUT2D eigenvalue weighted by Gasteiger charge is -2.27. The van der Waals surface area contributed by atoms with Crippen LogP contribution in [0.1, 0.15) is 354 Å². The van der Waals surface area contributed by atoms with E-state index in [2.05, 4.69) is 19.1 Å². The van der Waals surface area contributed by atoms with Crippen molar-refractivity contribution in [3.8, 4) is 0 Å². The van der Waals surface area contributed by atoms with Crippen molar-refractivity contribution in [2.45, 2.75) is 354 Å². The van der Waals surface area contributed by atoms with Crippen molar-refractivity contribution in [2.75, 3.05) is 26.4 Å². The maximum Gasteiger partial charge on any atom is 0.309 e. The first-order chi connectivity index (χ1) is 35.1. The van der Waals surface area contributed by atoms with E-state index in [4.69, 9.17) is 9.47 Å². The van der Waals surface area contributed by atoms with Gasteiger partial charge < -0.3 is 19.7 Å². The second kappa shape index (κ2) is 54.8. The van der Waals surface area contributed by atoms with Crippen LogP contribution in [0.3, 0.4) is 0 Å². The normalized spacial score (nSPS) is 15.3. The van der Waals surface area contributed by atoms with Gasteiger partial charge in [0.1, 0.15) is 13.2 Å². The zero-order chi connectivity index (χ0) is 51.1. The van der Waals surface area contributed by atoms with Crippen molar-refractivity contribution in [1.29, 1.82) is 0 Å². The first-order valence-electron chi connectivity index (χ1n) is 32.3. The van der Waals surface area contributed by atoms with Gasteiger partial charge in [-0.1, -0.05) is 327 Å². The SMILES string of the molecule is CCCCCCCCCCCCCCCCCCCCCCCCCCCCCCCCCCCCCCCCCCCCCCC/C=C/CCCCCCCC1CC(=O)OCC(CO)(CO)COC1=O. The largest absolute Gasteiger partial charge is 0.465 e. The van der Waals surface area contributed by atoms with Crippen LogP contribution in [0.25, 0.3) is 0 Å². The second-order valence-corrected chi connectivity index (χ2v) is 23.1. The molecule has 0 aliphatic carbocycles. The third-order valence-electron chi connectivity index (χ3n) is 16.0. The van der Waals surface area contributed by atoms with E-state index in [0.29, 0.717) is 6.42 Å². The third kappa shape index (κ3) is 46.8. The number of allylic oxidation sites excluding steroid dienone is 2. The van der Waals surface area contributed by atoms with E-state index >= 15 is 0 Å². The third-order valence-corrected chi connectivity index (χ3v) is 16.0. The van der Waals surface area contributed by atoms with Gasteiger partial charge in [-0.25, -0.2) is 0 Å². The molecule has 1 saturated heterocycles. The van der Waals surface area contributed by atoms with Crippen molar-refractivity contribution in [1.82, 2.24) is 0 Å². The molecule has 1 heterocycles. The van der Waals surface area contributed by atoms with Gasteiger partial charge in [-0.15, -0.1) is 0 Å². The first kappa shape index (κ1) is 67.6. The van der Waals surface area contributed by atoms with Crippen molar-refractivity contribution in [3.63, 3.8) is 0 Å². The number of hydrogen-bond donors (Lipinski definition) is 2. The molecule has 0 spiro atoms. The molecule has 0 amide bonds. The molecule has 0 bridgehead atoms. The fourth-order valence-electron chi connectivity index (χ4n) is 10.8. The predicted molar refractivity (Wildman–Crippen MR) is 306 cm³/mol. The maximum atomic E-state index is 12.5. The van der Waals surface area contributed by atoms with Crippen LogP contribution in [-0.2, 0) is 19.1 Å². The van der Waals surface area contributed by atoms with E-state index in [1.165, 1.54) is 308 Å². The van der Waals surface area contributed by atoms with Crippen LogP contribution in [0.4, 0.5) is 0 Å². The molecule has 0 aromatic rings. The van der Waals surface area contributed by atoms with E-state index < -0.39 is 36.5 Å². The lowest BCUT2D eigenvalue weighted by Crippen LogP contribution is -2.40. The lowest BCUT2D eigenvalue weighted by molar-refractivity contribution is -0.155. The highest BCUT2D eigenvalue weighted by Crippen LogP contribution is 2.25. The molecular formula is C65H124O6. The summed E-state index contributed by atoms with van der Waals surface area (Å²) in [7, 11) is 0. The Hall–Kier alpha value is -1.40. The number of esters is 2. The van der Waals surface area contributed by atoms with Gasteiger partial charge in [-0.2, -0.15) is 0 Å². The first-order valence-corrected chi connectivity index (χ1v) is 32.3. The molecule has 6 nitrogen and oxygen atoms in total. The Kier molecular flexibility index (Phi) is 52.2. The number of carbonyl (C=O) groups is 2. The molecular weight excluding hydrogens is 877 g/mol. The quantitative estimate of drug-likeness (QED) is 0.0358. The van der Waals surface area contributed by atoms with Crippen LogP contribution in [0.5, 0.6) is 0 Å². The molecule has 2 N–H and O–H groups in total.